The van der Waals surface area contributed by atoms with Crippen LogP contribution in [0, 0.1) is 5.92 Å². The fraction of sp³-hybridized carbons (Fsp3) is 0.900. The van der Waals surface area contributed by atoms with E-state index in [1.54, 1.807) is 10.0 Å². The van der Waals surface area contributed by atoms with Gasteiger partial charge in [-0.15, -0.1) is 23.2 Å². The molecule has 15 heavy (non-hydrogen) atoms. The molecule has 0 bridgehead atoms. The highest BCUT2D eigenvalue weighted by molar-refractivity contribution is 6.36. The predicted octanol–water partition coefficient (Wildman–Crippen LogP) is 1.94. The van der Waals surface area contributed by atoms with Crippen molar-refractivity contribution in [2.45, 2.75) is 24.6 Å². The van der Waals surface area contributed by atoms with Crippen molar-refractivity contribution in [2.75, 3.05) is 26.5 Å². The number of rotatable bonds is 4. The van der Waals surface area contributed by atoms with Crippen LogP contribution in [0.5, 0.6) is 0 Å². The van der Waals surface area contributed by atoms with Gasteiger partial charge >= 0.3 is 0 Å². The Morgan fingerprint density at radius 1 is 1.60 bits per heavy atom. The largest absolute Gasteiger partial charge is 0.274 e. The number of hydrogen-bond acceptors (Lipinski definition) is 2. The van der Waals surface area contributed by atoms with E-state index in [0.717, 1.165) is 6.42 Å². The highest BCUT2D eigenvalue weighted by Crippen LogP contribution is 2.39. The molecule has 3 nitrogen and oxygen atoms in total. The van der Waals surface area contributed by atoms with Crippen molar-refractivity contribution < 1.29 is 4.79 Å². The summed E-state index contributed by atoms with van der Waals surface area (Å²) in [7, 11) is 3.69. The lowest BCUT2D eigenvalue weighted by Gasteiger charge is -2.26. The van der Waals surface area contributed by atoms with Crippen molar-refractivity contribution in [3.05, 3.63) is 0 Å². The van der Waals surface area contributed by atoms with E-state index >= 15 is 0 Å². The van der Waals surface area contributed by atoms with Gasteiger partial charge in [0, 0.05) is 32.4 Å². The molecule has 1 amide bonds. The standard InChI is InChI=1S/C10H18Cl2N2O/c1-4-5-10(12)8(6-11)7-14(9(10)15)13(2)3/h8H,4-7H2,1-3H3. The first kappa shape index (κ1) is 13.1. The summed E-state index contributed by atoms with van der Waals surface area (Å²) < 4.78 is 0. The molecule has 2 atom stereocenters. The molecule has 0 saturated carbocycles. The zero-order valence-corrected chi connectivity index (χ0v) is 11.0. The van der Waals surface area contributed by atoms with Crippen molar-refractivity contribution in [3.8, 4) is 0 Å². The zero-order chi connectivity index (χ0) is 11.6. The Balaban J connectivity index is 2.89. The number of alkyl halides is 2. The molecule has 2 unspecified atom stereocenters. The van der Waals surface area contributed by atoms with Crippen molar-refractivity contribution in [1.82, 2.24) is 10.0 Å². The van der Waals surface area contributed by atoms with E-state index in [0.29, 0.717) is 18.8 Å². The summed E-state index contributed by atoms with van der Waals surface area (Å²) in [6, 6.07) is 0. The van der Waals surface area contributed by atoms with Gasteiger partial charge in [-0.1, -0.05) is 13.3 Å². The minimum atomic E-state index is -0.791. The number of halogens is 2. The van der Waals surface area contributed by atoms with Gasteiger partial charge in [-0.2, -0.15) is 0 Å². The summed E-state index contributed by atoms with van der Waals surface area (Å²) in [5, 5.41) is 3.46. The van der Waals surface area contributed by atoms with Crippen LogP contribution in [0.1, 0.15) is 19.8 Å². The van der Waals surface area contributed by atoms with Crippen LogP contribution < -0.4 is 0 Å². The Morgan fingerprint density at radius 2 is 2.20 bits per heavy atom. The molecule has 1 heterocycles. The van der Waals surface area contributed by atoms with Crippen LogP contribution >= 0.6 is 23.2 Å². The van der Waals surface area contributed by atoms with Gasteiger partial charge in [-0.05, 0) is 6.42 Å². The molecule has 0 radical (unpaired) electrons. The van der Waals surface area contributed by atoms with Crippen LogP contribution in [0.4, 0.5) is 0 Å². The third-order valence-corrected chi connectivity index (χ3v) is 3.95. The van der Waals surface area contributed by atoms with Crippen LogP contribution in [0.15, 0.2) is 0 Å². The van der Waals surface area contributed by atoms with Gasteiger partial charge in [0.2, 0.25) is 0 Å². The fourth-order valence-corrected chi connectivity index (χ4v) is 2.89. The molecule has 0 aliphatic carbocycles. The highest BCUT2D eigenvalue weighted by atomic mass is 35.5. The smallest absolute Gasteiger partial charge is 0.258 e. The first-order valence-corrected chi connectivity index (χ1v) is 6.12. The van der Waals surface area contributed by atoms with E-state index in [-0.39, 0.29) is 11.8 Å². The number of carbonyl (C=O) groups is 1. The number of amides is 1. The normalized spacial score (nSPS) is 31.7. The first-order valence-electron chi connectivity index (χ1n) is 5.21. The summed E-state index contributed by atoms with van der Waals surface area (Å²) in [6.07, 6.45) is 1.58. The summed E-state index contributed by atoms with van der Waals surface area (Å²) in [6.45, 7) is 2.65. The maximum absolute atomic E-state index is 12.1. The lowest BCUT2D eigenvalue weighted by Crippen LogP contribution is -2.43. The fourth-order valence-electron chi connectivity index (χ4n) is 2.02. The molecule has 88 valence electrons. The Kier molecular flexibility index (Phi) is 4.27. The highest BCUT2D eigenvalue weighted by Gasteiger charge is 2.52. The molecule has 1 rings (SSSR count). The first-order chi connectivity index (χ1) is 6.97. The average molecular weight is 253 g/mol. The summed E-state index contributed by atoms with van der Waals surface area (Å²) in [5.41, 5.74) is 0. The van der Waals surface area contributed by atoms with Crippen molar-refractivity contribution in [1.29, 1.82) is 0 Å². The second-order valence-electron chi connectivity index (χ2n) is 4.20. The Bertz CT molecular complexity index is 248. The van der Waals surface area contributed by atoms with Crippen molar-refractivity contribution >= 4 is 29.1 Å². The third kappa shape index (κ3) is 2.24. The van der Waals surface area contributed by atoms with E-state index in [4.69, 9.17) is 23.2 Å². The number of hydrazine groups is 1. The predicted molar refractivity (Wildman–Crippen MR) is 63.1 cm³/mol. The monoisotopic (exact) mass is 252 g/mol. The topological polar surface area (TPSA) is 23.6 Å². The molecule has 0 N–H and O–H groups in total. The van der Waals surface area contributed by atoms with Gasteiger partial charge in [-0.3, -0.25) is 9.80 Å². The zero-order valence-electron chi connectivity index (χ0n) is 9.46. The van der Waals surface area contributed by atoms with Gasteiger partial charge < -0.3 is 0 Å². The van der Waals surface area contributed by atoms with Crippen molar-refractivity contribution in [3.63, 3.8) is 0 Å². The number of nitrogens with zero attached hydrogens (tertiary/aromatic N) is 2. The van der Waals surface area contributed by atoms with Crippen LogP contribution in [0.2, 0.25) is 0 Å². The molecule has 0 aromatic carbocycles. The van der Waals surface area contributed by atoms with Gasteiger partial charge in [0.25, 0.3) is 5.91 Å². The van der Waals surface area contributed by atoms with Crippen LogP contribution in [-0.2, 0) is 4.79 Å². The molecular formula is C10H18Cl2N2O. The van der Waals surface area contributed by atoms with Crippen LogP contribution in [-0.4, -0.2) is 47.3 Å². The summed E-state index contributed by atoms with van der Waals surface area (Å²) >= 11 is 12.3. The van der Waals surface area contributed by atoms with Gasteiger partial charge in [0.1, 0.15) is 4.87 Å². The molecule has 0 aromatic rings. The summed E-state index contributed by atoms with van der Waals surface area (Å²) in [4.78, 5) is 11.3. The van der Waals surface area contributed by atoms with Gasteiger partial charge in [-0.25, -0.2) is 5.01 Å². The maximum Gasteiger partial charge on any atom is 0.258 e. The van der Waals surface area contributed by atoms with Gasteiger partial charge in [0.15, 0.2) is 0 Å². The molecular weight excluding hydrogens is 235 g/mol. The molecule has 1 saturated heterocycles. The Hall–Kier alpha value is 0.01000. The SMILES string of the molecule is CCCC1(Cl)C(=O)N(N(C)C)CC1CCl. The number of carbonyl (C=O) groups excluding carboxylic acids is 1. The molecule has 1 fully saturated rings. The molecule has 0 spiro atoms. The maximum atomic E-state index is 12.1. The van der Waals surface area contributed by atoms with Gasteiger partial charge in [0.05, 0.1) is 0 Å². The van der Waals surface area contributed by atoms with Crippen LogP contribution in [0.25, 0.3) is 0 Å². The lowest BCUT2D eigenvalue weighted by atomic mass is 9.92. The van der Waals surface area contributed by atoms with E-state index in [1.165, 1.54) is 0 Å². The second kappa shape index (κ2) is 4.89. The van der Waals surface area contributed by atoms with Crippen molar-refractivity contribution in [2.24, 2.45) is 5.92 Å². The molecule has 0 aromatic heterocycles. The third-order valence-electron chi connectivity index (χ3n) is 2.91. The summed E-state index contributed by atoms with van der Waals surface area (Å²) in [5.74, 6) is 0.455. The number of hydrogen-bond donors (Lipinski definition) is 0. The van der Waals surface area contributed by atoms with E-state index < -0.39 is 4.87 Å². The minimum Gasteiger partial charge on any atom is -0.274 e. The van der Waals surface area contributed by atoms with E-state index in [9.17, 15) is 4.79 Å². The van der Waals surface area contributed by atoms with Crippen LogP contribution in [0.3, 0.4) is 0 Å². The molecule has 1 aliphatic rings. The Labute approximate surface area is 101 Å². The minimum absolute atomic E-state index is 0.0123. The average Bonchev–Trinajstić information content (AvgIpc) is 2.41. The lowest BCUT2D eigenvalue weighted by molar-refractivity contribution is -0.141. The Morgan fingerprint density at radius 3 is 2.60 bits per heavy atom. The second-order valence-corrected chi connectivity index (χ2v) is 5.18. The van der Waals surface area contributed by atoms with E-state index in [2.05, 4.69) is 0 Å². The quantitative estimate of drug-likeness (QED) is 0.715. The molecule has 1 aliphatic heterocycles. The van der Waals surface area contributed by atoms with E-state index in [1.807, 2.05) is 21.0 Å². The molecule has 5 heteroatoms.